The number of aliphatic hydroxyl groups is 3. The van der Waals surface area contributed by atoms with Gasteiger partial charge in [0.1, 0.15) is 30.7 Å². The number of hydrogen-bond acceptors (Lipinski definition) is 16. The van der Waals surface area contributed by atoms with E-state index in [9.17, 15) is 48.6 Å². The monoisotopic (exact) mass is 1090 g/mol. The van der Waals surface area contributed by atoms with Crippen LogP contribution in [0.3, 0.4) is 0 Å². The van der Waals surface area contributed by atoms with Crippen molar-refractivity contribution in [2.24, 2.45) is 0 Å². The van der Waals surface area contributed by atoms with Crippen molar-refractivity contribution in [1.82, 2.24) is 9.55 Å². The molecule has 0 saturated carbocycles. The van der Waals surface area contributed by atoms with Gasteiger partial charge in [-0.2, -0.15) is 9.29 Å². The quantitative estimate of drug-likeness (QED) is 0.0117. The predicted octanol–water partition coefficient (Wildman–Crippen LogP) is 9.74. The summed E-state index contributed by atoms with van der Waals surface area (Å²) in [5, 5.41) is 31.0. The molecule has 0 bridgehead atoms. The maximum absolute atomic E-state index is 12.9. The molecule has 0 amide bonds. The van der Waals surface area contributed by atoms with Crippen LogP contribution in [0.15, 0.2) is 139 Å². The van der Waals surface area contributed by atoms with Gasteiger partial charge in [0.15, 0.2) is 12.3 Å². The van der Waals surface area contributed by atoms with Gasteiger partial charge in [-0.05, 0) is 89.5 Å². The van der Waals surface area contributed by atoms with Gasteiger partial charge in [0.05, 0.1) is 19.3 Å². The molecule has 1 aromatic heterocycles. The second-order valence-electron chi connectivity index (χ2n) is 17.1. The molecule has 1 saturated heterocycles. The number of nitrogen functional groups attached to an aromatic ring is 1. The summed E-state index contributed by atoms with van der Waals surface area (Å²) in [5.74, 6) is -1.52. The highest BCUT2D eigenvalue weighted by molar-refractivity contribution is 7.61. The number of aliphatic hydroxyl groups excluding tert-OH is 3. The van der Waals surface area contributed by atoms with Gasteiger partial charge >= 0.3 is 33.3 Å². The molecule has 3 unspecified atom stereocenters. The van der Waals surface area contributed by atoms with Crippen LogP contribution in [0.5, 0.6) is 0 Å². The molecule has 0 spiro atoms. The third kappa shape index (κ3) is 33.0. The van der Waals surface area contributed by atoms with Crippen LogP contribution in [0.25, 0.3) is 0 Å². The number of nitrogens with zero attached hydrogens (tertiary/aromatic N) is 2. The smallest absolute Gasteiger partial charge is 0.462 e. The van der Waals surface area contributed by atoms with Crippen LogP contribution in [0.4, 0.5) is 5.82 Å². The van der Waals surface area contributed by atoms with E-state index in [2.05, 4.69) is 71.8 Å². The van der Waals surface area contributed by atoms with Gasteiger partial charge < -0.3 is 45.1 Å². The molecule has 19 nitrogen and oxygen atoms in total. The topological polar surface area (TPSA) is 286 Å². The maximum Gasteiger partial charge on any atom is 0.481 e. The SMILES string of the molecule is CC/C=C\C/C=C\CC(O)/C=C/C=C\C/C=C\C/C=C\CCC(=O)O[C@H](COC(=O)CCC/C=C\C/C=C\C/C=C\C/C=C\CCCCC)COP(=O)(O)OP(=O)(O)OC[C@H]1O[C@@H](n2ccc(N)nc2=O)[C@H](O)[C@@H]1O. The average Bonchev–Trinajstić information content (AvgIpc) is 3.64. The lowest BCUT2D eigenvalue weighted by molar-refractivity contribution is -0.161. The fourth-order valence-corrected chi connectivity index (χ4v) is 8.76. The standard InChI is InChI=1S/C54H81N3O16P2/c1-3-5-7-9-11-12-13-14-15-16-17-18-19-23-26-30-34-38-49(59)68-42-46(71-50(60)39-35-31-27-24-21-20-22-25-29-33-37-45(58)36-32-28-10-8-6-4-2)43-69-74(64,65)73-75(66,67)70-44-47-51(61)52(62)53(72-47)57-41-40-48(55)56-54(57)63/h6,8,11-12,14-15,17-18,20-21,23,25-29,31-33,37,40-41,45-47,51-53,58,61-62H,3-5,7,9-10,13,16,19,22,24,30,34-36,38-39,42-44H2,1-2H3,(H,64,65)(H,66,67)(H2,55,56,63)/b8-6-,12-11-,15-14-,18-17-,21-20-,26-23-,29-25-,31-27-,32-28-,37-33+/t45?,46-,47-,51-,52-,53-/m1/s1. The van der Waals surface area contributed by atoms with Gasteiger partial charge in [0, 0.05) is 19.0 Å². The Bertz CT molecular complexity index is 2250. The van der Waals surface area contributed by atoms with E-state index in [1.165, 1.54) is 25.3 Å². The lowest BCUT2D eigenvalue weighted by Gasteiger charge is -2.21. The van der Waals surface area contributed by atoms with Gasteiger partial charge in [0.2, 0.25) is 0 Å². The second kappa shape index (κ2) is 40.4. The first-order valence-corrected chi connectivity index (χ1v) is 28.6. The summed E-state index contributed by atoms with van der Waals surface area (Å²) in [6.07, 6.45) is 44.7. The lowest BCUT2D eigenvalue weighted by atomic mass is 10.1. The molecule has 0 radical (unpaired) electrons. The molecule has 1 fully saturated rings. The number of carbonyl (C=O) groups is 2. The Kier molecular flexibility index (Phi) is 35.7. The summed E-state index contributed by atoms with van der Waals surface area (Å²) in [6.45, 7) is 1.80. The molecule has 2 rings (SSSR count). The number of unbranched alkanes of at least 4 members (excludes halogenated alkanes) is 4. The zero-order valence-corrected chi connectivity index (χ0v) is 45.2. The van der Waals surface area contributed by atoms with Crippen LogP contribution in [-0.2, 0) is 46.3 Å². The van der Waals surface area contributed by atoms with E-state index in [-0.39, 0.29) is 25.1 Å². The third-order valence-corrected chi connectivity index (χ3v) is 13.2. The number of anilines is 1. The highest BCUT2D eigenvalue weighted by Gasteiger charge is 2.46. The van der Waals surface area contributed by atoms with E-state index >= 15 is 0 Å². The van der Waals surface area contributed by atoms with E-state index in [1.807, 2.05) is 54.7 Å². The molecular formula is C54H81N3O16P2. The number of nitrogens with two attached hydrogens (primary N) is 1. The van der Waals surface area contributed by atoms with Crippen LogP contribution in [0.1, 0.15) is 129 Å². The summed E-state index contributed by atoms with van der Waals surface area (Å²) >= 11 is 0. The number of allylic oxidation sites excluding steroid dienone is 18. The minimum absolute atomic E-state index is 0.0174. The second-order valence-corrected chi connectivity index (χ2v) is 20.2. The molecule has 8 atom stereocenters. The molecule has 0 aromatic carbocycles. The number of phosphoric acid groups is 2. The third-order valence-electron chi connectivity index (χ3n) is 10.6. The highest BCUT2D eigenvalue weighted by atomic mass is 31.3. The van der Waals surface area contributed by atoms with Crippen LogP contribution >= 0.6 is 15.6 Å². The first-order valence-electron chi connectivity index (χ1n) is 25.7. The van der Waals surface area contributed by atoms with E-state index in [0.29, 0.717) is 32.1 Å². The Morgan fingerprint density at radius 3 is 1.92 bits per heavy atom. The first kappa shape index (κ1) is 66.2. The zero-order valence-electron chi connectivity index (χ0n) is 43.4. The Hall–Kier alpha value is -4.88. The molecule has 75 heavy (non-hydrogen) atoms. The summed E-state index contributed by atoms with van der Waals surface area (Å²) < 4.78 is 56.6. The van der Waals surface area contributed by atoms with Crippen molar-refractivity contribution in [3.8, 4) is 0 Å². The Morgan fingerprint density at radius 2 is 1.29 bits per heavy atom. The van der Waals surface area contributed by atoms with Crippen LogP contribution < -0.4 is 11.4 Å². The average molecular weight is 1090 g/mol. The summed E-state index contributed by atoms with van der Waals surface area (Å²) in [5.41, 5.74) is 4.57. The van der Waals surface area contributed by atoms with E-state index < -0.39 is 89.8 Å². The number of rotatable bonds is 40. The summed E-state index contributed by atoms with van der Waals surface area (Å²) in [4.78, 5) is 61.9. The highest BCUT2D eigenvalue weighted by Crippen LogP contribution is 2.60. The van der Waals surface area contributed by atoms with Crippen LogP contribution in [-0.4, -0.2) is 96.9 Å². The number of aromatic nitrogens is 2. The summed E-state index contributed by atoms with van der Waals surface area (Å²) in [7, 11) is -10.9. The molecule has 1 aliphatic heterocycles. The first-order chi connectivity index (χ1) is 36.1. The van der Waals surface area contributed by atoms with Gasteiger partial charge in [-0.1, -0.05) is 148 Å². The van der Waals surface area contributed by atoms with Gasteiger partial charge in [0.25, 0.3) is 0 Å². The van der Waals surface area contributed by atoms with Crippen molar-refractivity contribution in [1.29, 1.82) is 0 Å². The van der Waals surface area contributed by atoms with Crippen LogP contribution in [0, 0.1) is 0 Å². The lowest BCUT2D eigenvalue weighted by Crippen LogP contribution is -2.36. The van der Waals surface area contributed by atoms with Gasteiger partial charge in [-0.15, -0.1) is 0 Å². The molecule has 1 aromatic rings. The van der Waals surface area contributed by atoms with E-state index in [4.69, 9.17) is 29.0 Å². The van der Waals surface area contributed by atoms with Crippen molar-refractivity contribution in [3.05, 3.63) is 144 Å². The fourth-order valence-electron chi connectivity index (χ4n) is 6.65. The number of ether oxygens (including phenoxy) is 3. The number of hydrogen-bond donors (Lipinski definition) is 6. The number of carbonyl (C=O) groups excluding carboxylic acids is 2. The number of phosphoric ester groups is 2. The molecule has 1 aliphatic rings. The van der Waals surface area contributed by atoms with Crippen molar-refractivity contribution >= 4 is 33.4 Å². The Labute approximate surface area is 442 Å². The molecular weight excluding hydrogens is 1010 g/mol. The van der Waals surface area contributed by atoms with Crippen molar-refractivity contribution in [3.63, 3.8) is 0 Å². The largest absolute Gasteiger partial charge is 0.481 e. The fraction of sp³-hybridized carbons (Fsp3) is 0.519. The minimum Gasteiger partial charge on any atom is -0.462 e. The molecule has 0 aliphatic carbocycles. The predicted molar refractivity (Wildman–Crippen MR) is 290 cm³/mol. The molecule has 21 heteroatoms. The maximum atomic E-state index is 12.9. The van der Waals surface area contributed by atoms with Crippen molar-refractivity contribution in [2.45, 2.75) is 160 Å². The Morgan fingerprint density at radius 1 is 0.720 bits per heavy atom. The van der Waals surface area contributed by atoms with E-state index in [1.54, 1.807) is 18.2 Å². The Balaban J connectivity index is 1.88. The van der Waals surface area contributed by atoms with Crippen LogP contribution in [0.2, 0.25) is 0 Å². The molecule has 7 N–H and O–H groups in total. The summed E-state index contributed by atoms with van der Waals surface area (Å²) in [6, 6.07) is 1.23. The van der Waals surface area contributed by atoms with Crippen molar-refractivity contribution < 1.29 is 71.4 Å². The molecule has 2 heterocycles. The molecule has 418 valence electrons. The number of esters is 2. The van der Waals surface area contributed by atoms with Gasteiger partial charge in [-0.25, -0.2) is 13.9 Å². The minimum atomic E-state index is -5.47. The van der Waals surface area contributed by atoms with Crippen molar-refractivity contribution in [2.75, 3.05) is 25.6 Å². The van der Waals surface area contributed by atoms with Gasteiger partial charge in [-0.3, -0.25) is 23.2 Å². The van der Waals surface area contributed by atoms with E-state index in [0.717, 1.165) is 49.3 Å². The normalized spacial score (nSPS) is 20.2. The zero-order chi connectivity index (χ0) is 55.0.